The van der Waals surface area contributed by atoms with Gasteiger partial charge in [0, 0.05) is 11.0 Å². The van der Waals surface area contributed by atoms with Crippen molar-refractivity contribution in [3.05, 3.63) is 22.8 Å². The number of hydrogen-bond acceptors (Lipinski definition) is 2. The molecule has 9 atom stereocenters. The molecule has 0 aromatic heterocycles. The Balaban J connectivity index is 1.35. The van der Waals surface area contributed by atoms with Crippen molar-refractivity contribution in [2.75, 3.05) is 0 Å². The largest absolute Gasteiger partial charge is 0.393 e. The zero-order valence-electron chi connectivity index (χ0n) is 20.5. The molecule has 0 aromatic carbocycles. The second-order valence-electron chi connectivity index (χ2n) is 12.8. The molecular formula is C29H44O2. The van der Waals surface area contributed by atoms with Crippen LogP contribution in [0.1, 0.15) is 98.8 Å². The first kappa shape index (κ1) is 21.9. The Kier molecular flexibility index (Phi) is 5.36. The molecule has 5 aliphatic rings. The van der Waals surface area contributed by atoms with Crippen molar-refractivity contribution in [1.82, 2.24) is 0 Å². The Morgan fingerprint density at radius 2 is 1.81 bits per heavy atom. The van der Waals surface area contributed by atoms with Crippen LogP contribution in [-0.4, -0.2) is 17.0 Å². The van der Waals surface area contributed by atoms with Gasteiger partial charge in [-0.3, -0.25) is 4.79 Å². The van der Waals surface area contributed by atoms with Crippen LogP contribution in [0.25, 0.3) is 0 Å². The van der Waals surface area contributed by atoms with E-state index < -0.39 is 0 Å². The van der Waals surface area contributed by atoms with E-state index in [4.69, 9.17) is 0 Å². The monoisotopic (exact) mass is 424 g/mol. The number of aliphatic hydroxyl groups is 1. The molecule has 3 saturated carbocycles. The predicted octanol–water partition coefficient (Wildman–Crippen LogP) is 6.88. The van der Waals surface area contributed by atoms with Gasteiger partial charge in [-0.15, -0.1) is 0 Å². The van der Waals surface area contributed by atoms with E-state index in [1.54, 1.807) is 0 Å². The van der Waals surface area contributed by atoms with Crippen LogP contribution in [-0.2, 0) is 4.79 Å². The van der Waals surface area contributed by atoms with Gasteiger partial charge in [0.15, 0.2) is 5.78 Å². The third-order valence-corrected chi connectivity index (χ3v) is 11.0. The van der Waals surface area contributed by atoms with Gasteiger partial charge in [-0.1, -0.05) is 58.6 Å². The highest BCUT2D eigenvalue weighted by Crippen LogP contribution is 2.64. The maximum atomic E-state index is 13.4. The molecular weight excluding hydrogens is 380 g/mol. The van der Waals surface area contributed by atoms with Crippen molar-refractivity contribution >= 4 is 5.78 Å². The third kappa shape index (κ3) is 3.42. The standard InChI is InChI=1S/C29H44O2/c1-17(22-14-19(22)3)6-7-18(2)23-8-9-24-27-25(11-13-29(23,24)5)28(4)12-10-21(30)15-20(28)16-26(27)31/h16-19,21-24,30H,6-15H2,1-5H3. The molecule has 2 nitrogen and oxygen atoms in total. The predicted molar refractivity (Wildman–Crippen MR) is 126 cm³/mol. The number of aliphatic hydroxyl groups excluding tert-OH is 1. The summed E-state index contributed by atoms with van der Waals surface area (Å²) in [5, 5.41) is 10.2. The van der Waals surface area contributed by atoms with E-state index in [2.05, 4.69) is 34.6 Å². The Labute approximate surface area is 190 Å². The smallest absolute Gasteiger partial charge is 0.182 e. The third-order valence-electron chi connectivity index (χ3n) is 11.0. The van der Waals surface area contributed by atoms with Gasteiger partial charge in [0.1, 0.15) is 0 Å². The summed E-state index contributed by atoms with van der Waals surface area (Å²) in [5.41, 5.74) is 4.22. The second kappa shape index (κ2) is 7.57. The van der Waals surface area contributed by atoms with Crippen LogP contribution >= 0.6 is 0 Å². The number of carbonyl (C=O) groups is 1. The quantitative estimate of drug-likeness (QED) is 0.522. The fourth-order valence-electron chi connectivity index (χ4n) is 8.75. The fourth-order valence-corrected chi connectivity index (χ4v) is 8.75. The Hall–Kier alpha value is -0.890. The number of fused-ring (bicyclic) bond motifs is 4. The molecule has 1 N–H and O–H groups in total. The van der Waals surface area contributed by atoms with Gasteiger partial charge in [-0.2, -0.15) is 0 Å². The lowest BCUT2D eigenvalue weighted by Crippen LogP contribution is -2.44. The van der Waals surface area contributed by atoms with Gasteiger partial charge >= 0.3 is 0 Å². The number of hydrogen-bond donors (Lipinski definition) is 1. The Morgan fingerprint density at radius 1 is 1.10 bits per heavy atom. The number of rotatable bonds is 5. The van der Waals surface area contributed by atoms with Gasteiger partial charge < -0.3 is 5.11 Å². The lowest BCUT2D eigenvalue weighted by molar-refractivity contribution is -0.113. The van der Waals surface area contributed by atoms with Crippen molar-refractivity contribution < 1.29 is 9.90 Å². The molecule has 172 valence electrons. The van der Waals surface area contributed by atoms with Crippen LogP contribution in [0.2, 0.25) is 0 Å². The average Bonchev–Trinajstić information content (AvgIpc) is 3.35. The normalized spacial score (nSPS) is 46.1. The number of carbonyl (C=O) groups excluding carboxylic acids is 1. The van der Waals surface area contributed by atoms with Gasteiger partial charge in [0.2, 0.25) is 0 Å². The first-order chi connectivity index (χ1) is 14.6. The summed E-state index contributed by atoms with van der Waals surface area (Å²) in [4.78, 5) is 13.4. The number of allylic oxidation sites excluding steroid dienone is 3. The lowest BCUT2D eigenvalue weighted by Gasteiger charge is -2.51. The maximum Gasteiger partial charge on any atom is 0.182 e. The van der Waals surface area contributed by atoms with E-state index in [0.29, 0.717) is 17.8 Å². The molecule has 31 heavy (non-hydrogen) atoms. The minimum absolute atomic E-state index is 0.0316. The van der Waals surface area contributed by atoms with Crippen molar-refractivity contribution in [1.29, 1.82) is 0 Å². The SMILES string of the molecule is CC(CCC(C)C1CCC2C3=C(CCC21C)C1(C)CCC(O)CC1=CC3=O)C1CC1C. The molecule has 2 heteroatoms. The van der Waals surface area contributed by atoms with Crippen molar-refractivity contribution in [3.8, 4) is 0 Å². The van der Waals surface area contributed by atoms with Crippen molar-refractivity contribution in [2.24, 2.45) is 46.3 Å². The van der Waals surface area contributed by atoms with Gasteiger partial charge in [-0.05, 0) is 98.4 Å². The summed E-state index contributed by atoms with van der Waals surface area (Å²) >= 11 is 0. The number of ketones is 1. The molecule has 0 spiro atoms. The lowest BCUT2D eigenvalue weighted by atomic mass is 9.53. The van der Waals surface area contributed by atoms with Crippen LogP contribution in [0, 0.1) is 46.3 Å². The zero-order chi connectivity index (χ0) is 22.1. The van der Waals surface area contributed by atoms with E-state index in [1.165, 1.54) is 55.2 Å². The highest BCUT2D eigenvalue weighted by atomic mass is 16.3. The molecule has 5 rings (SSSR count). The van der Waals surface area contributed by atoms with Crippen LogP contribution in [0.3, 0.4) is 0 Å². The molecule has 5 aliphatic carbocycles. The zero-order valence-corrected chi connectivity index (χ0v) is 20.5. The van der Waals surface area contributed by atoms with E-state index >= 15 is 0 Å². The molecule has 0 radical (unpaired) electrons. The topological polar surface area (TPSA) is 37.3 Å². The molecule has 0 bridgehead atoms. The highest BCUT2D eigenvalue weighted by Gasteiger charge is 2.56. The van der Waals surface area contributed by atoms with Crippen LogP contribution in [0.4, 0.5) is 0 Å². The Morgan fingerprint density at radius 3 is 2.52 bits per heavy atom. The molecule has 0 aromatic rings. The molecule has 0 saturated heterocycles. The summed E-state index contributed by atoms with van der Waals surface area (Å²) in [5.74, 6) is 5.09. The van der Waals surface area contributed by atoms with E-state index in [9.17, 15) is 9.90 Å². The van der Waals surface area contributed by atoms with Crippen LogP contribution in [0.15, 0.2) is 22.8 Å². The Bertz CT molecular complexity index is 821. The van der Waals surface area contributed by atoms with Crippen LogP contribution < -0.4 is 0 Å². The van der Waals surface area contributed by atoms with E-state index in [1.807, 2.05) is 6.08 Å². The second-order valence-corrected chi connectivity index (χ2v) is 12.8. The van der Waals surface area contributed by atoms with Gasteiger partial charge in [0.05, 0.1) is 6.10 Å². The van der Waals surface area contributed by atoms with Crippen molar-refractivity contribution in [2.45, 2.75) is 105 Å². The van der Waals surface area contributed by atoms with Gasteiger partial charge in [0.25, 0.3) is 0 Å². The first-order valence-electron chi connectivity index (χ1n) is 13.3. The minimum Gasteiger partial charge on any atom is -0.393 e. The molecule has 0 heterocycles. The van der Waals surface area contributed by atoms with Crippen molar-refractivity contribution in [3.63, 3.8) is 0 Å². The molecule has 0 aliphatic heterocycles. The molecule has 0 amide bonds. The fraction of sp³-hybridized carbons (Fsp3) is 0.828. The van der Waals surface area contributed by atoms with Gasteiger partial charge in [-0.25, -0.2) is 0 Å². The minimum atomic E-state index is -0.263. The van der Waals surface area contributed by atoms with E-state index in [0.717, 1.165) is 48.9 Å². The molecule has 9 unspecified atom stereocenters. The highest BCUT2D eigenvalue weighted by molar-refractivity contribution is 6.07. The van der Waals surface area contributed by atoms with Crippen LogP contribution in [0.5, 0.6) is 0 Å². The summed E-state index contributed by atoms with van der Waals surface area (Å²) < 4.78 is 0. The molecule has 3 fully saturated rings. The first-order valence-corrected chi connectivity index (χ1v) is 13.3. The summed E-state index contributed by atoms with van der Waals surface area (Å²) in [6.45, 7) is 12.3. The summed E-state index contributed by atoms with van der Waals surface area (Å²) in [6.07, 6.45) is 13.3. The summed E-state index contributed by atoms with van der Waals surface area (Å²) in [6, 6.07) is 0. The maximum absolute atomic E-state index is 13.4. The van der Waals surface area contributed by atoms with E-state index in [-0.39, 0.29) is 17.3 Å². The average molecular weight is 425 g/mol. The summed E-state index contributed by atoms with van der Waals surface area (Å²) in [7, 11) is 0.